The first-order chi connectivity index (χ1) is 9.67. The molecule has 0 unspecified atom stereocenters. The molecular weight excluding hydrogens is 278 g/mol. The van der Waals surface area contributed by atoms with Crippen LogP contribution in [0.5, 0.6) is 11.5 Å². The van der Waals surface area contributed by atoms with Crippen molar-refractivity contribution in [3.05, 3.63) is 51.2 Å². The van der Waals surface area contributed by atoms with Gasteiger partial charge in [-0.25, -0.2) is 4.98 Å². The minimum atomic E-state index is -0.333. The van der Waals surface area contributed by atoms with Crippen LogP contribution >= 0.6 is 11.6 Å². The summed E-state index contributed by atoms with van der Waals surface area (Å²) in [7, 11) is 0. The second-order valence-corrected chi connectivity index (χ2v) is 5.05. The molecule has 0 atom stereocenters. The molecule has 1 aliphatic rings. The van der Waals surface area contributed by atoms with E-state index in [9.17, 15) is 4.79 Å². The Bertz CT molecular complexity index is 760. The average Bonchev–Trinajstić information content (AvgIpc) is 3.25. The number of aromatic amines is 1. The fourth-order valence-electron chi connectivity index (χ4n) is 1.95. The van der Waals surface area contributed by atoms with Gasteiger partial charge in [-0.05, 0) is 31.0 Å². The summed E-state index contributed by atoms with van der Waals surface area (Å²) in [5, 5.41) is 9.30. The molecule has 0 bridgehead atoms. The molecule has 6 heteroatoms. The van der Waals surface area contributed by atoms with Gasteiger partial charge in [0, 0.05) is 10.9 Å². The smallest absolute Gasteiger partial charge is 0.294 e. The molecule has 0 radical (unpaired) electrons. The highest BCUT2D eigenvalue weighted by Gasteiger charge is 2.30. The van der Waals surface area contributed by atoms with Crippen molar-refractivity contribution >= 4 is 11.6 Å². The number of aromatic nitrogens is 2. The molecule has 100 valence electrons. The number of nitrogens with one attached hydrogen (secondary N) is 1. The predicted octanol–water partition coefficient (Wildman–Crippen LogP) is 2.96. The molecule has 0 spiro atoms. The number of nitriles is 1. The highest BCUT2D eigenvalue weighted by atomic mass is 35.5. The van der Waals surface area contributed by atoms with E-state index in [1.165, 1.54) is 18.5 Å². The van der Waals surface area contributed by atoms with Gasteiger partial charge in [-0.3, -0.25) is 4.79 Å². The van der Waals surface area contributed by atoms with Crippen LogP contribution in [-0.2, 0) is 0 Å². The Morgan fingerprint density at radius 1 is 1.40 bits per heavy atom. The molecule has 5 nitrogen and oxygen atoms in total. The van der Waals surface area contributed by atoms with Crippen molar-refractivity contribution < 1.29 is 4.74 Å². The van der Waals surface area contributed by atoms with Crippen molar-refractivity contribution in [2.75, 3.05) is 0 Å². The first kappa shape index (κ1) is 12.7. The van der Waals surface area contributed by atoms with Gasteiger partial charge in [-0.2, -0.15) is 5.26 Å². The van der Waals surface area contributed by atoms with Gasteiger partial charge < -0.3 is 9.72 Å². The first-order valence-corrected chi connectivity index (χ1v) is 6.51. The second kappa shape index (κ2) is 4.99. The standard InChI is InChI=1S/C14H10ClN3O2/c15-10-3-8(6-16)4-11(5-10)20-13-12(9-1-2-9)17-7-18-14(13)19/h3-5,7,9H,1-2H2,(H,17,18,19). The van der Waals surface area contributed by atoms with Crippen molar-refractivity contribution in [3.8, 4) is 17.6 Å². The zero-order valence-corrected chi connectivity index (χ0v) is 11.1. The Balaban J connectivity index is 2.01. The van der Waals surface area contributed by atoms with E-state index in [-0.39, 0.29) is 17.2 Å². The van der Waals surface area contributed by atoms with Crippen LogP contribution in [0, 0.1) is 11.3 Å². The van der Waals surface area contributed by atoms with Gasteiger partial charge in [0.1, 0.15) is 5.75 Å². The summed E-state index contributed by atoms with van der Waals surface area (Å²) >= 11 is 5.92. The normalized spacial score (nSPS) is 13.8. The van der Waals surface area contributed by atoms with Crippen LogP contribution in [0.2, 0.25) is 5.02 Å². The molecule has 0 amide bonds. The summed E-state index contributed by atoms with van der Waals surface area (Å²) in [4.78, 5) is 18.6. The third-order valence-electron chi connectivity index (χ3n) is 3.02. The summed E-state index contributed by atoms with van der Waals surface area (Å²) in [6.07, 6.45) is 3.39. The van der Waals surface area contributed by atoms with E-state index < -0.39 is 0 Å². The number of nitrogens with zero attached hydrogens (tertiary/aromatic N) is 2. The highest BCUT2D eigenvalue weighted by molar-refractivity contribution is 6.30. The number of halogens is 1. The minimum absolute atomic E-state index is 0.182. The first-order valence-electron chi connectivity index (χ1n) is 6.13. The molecule has 3 rings (SSSR count). The predicted molar refractivity (Wildman–Crippen MR) is 73.1 cm³/mol. The van der Waals surface area contributed by atoms with Crippen molar-refractivity contribution in [1.82, 2.24) is 9.97 Å². The lowest BCUT2D eigenvalue weighted by molar-refractivity contribution is 0.463. The molecule has 1 N–H and O–H groups in total. The van der Waals surface area contributed by atoms with Crippen molar-refractivity contribution in [1.29, 1.82) is 5.26 Å². The maximum atomic E-state index is 11.9. The van der Waals surface area contributed by atoms with E-state index in [1.54, 1.807) is 6.07 Å². The maximum absolute atomic E-state index is 11.9. The summed E-state index contributed by atoms with van der Waals surface area (Å²) in [5.41, 5.74) is 0.702. The SMILES string of the molecule is N#Cc1cc(Cl)cc(Oc2c(C3CC3)nc[nH]c2=O)c1. The van der Waals surface area contributed by atoms with Gasteiger partial charge in [-0.15, -0.1) is 0 Å². The third-order valence-corrected chi connectivity index (χ3v) is 3.24. The molecule has 1 aromatic carbocycles. The Kier molecular flexibility index (Phi) is 3.17. The summed E-state index contributed by atoms with van der Waals surface area (Å²) in [5.74, 6) is 0.817. The number of rotatable bonds is 3. The number of hydrogen-bond donors (Lipinski definition) is 1. The maximum Gasteiger partial charge on any atom is 0.294 e. The largest absolute Gasteiger partial charge is 0.449 e. The number of hydrogen-bond acceptors (Lipinski definition) is 4. The fourth-order valence-corrected chi connectivity index (χ4v) is 2.18. The van der Waals surface area contributed by atoms with Gasteiger partial charge in [0.2, 0.25) is 5.75 Å². The molecule has 1 aromatic heterocycles. The summed E-state index contributed by atoms with van der Waals surface area (Å²) < 4.78 is 5.62. The Morgan fingerprint density at radius 2 is 2.20 bits per heavy atom. The number of ether oxygens (including phenoxy) is 1. The third kappa shape index (κ3) is 2.51. The summed E-state index contributed by atoms with van der Waals surface area (Å²) in [6, 6.07) is 6.62. The van der Waals surface area contributed by atoms with E-state index in [1.807, 2.05) is 6.07 Å². The van der Waals surface area contributed by atoms with Crippen molar-refractivity contribution in [2.45, 2.75) is 18.8 Å². The van der Waals surface area contributed by atoms with Crippen LogP contribution in [0.15, 0.2) is 29.3 Å². The van der Waals surface area contributed by atoms with E-state index in [0.717, 1.165) is 12.8 Å². The second-order valence-electron chi connectivity index (χ2n) is 4.61. The molecular formula is C14H10ClN3O2. The zero-order chi connectivity index (χ0) is 14.1. The van der Waals surface area contributed by atoms with Crippen LogP contribution in [-0.4, -0.2) is 9.97 Å². The van der Waals surface area contributed by atoms with E-state index >= 15 is 0 Å². The average molecular weight is 288 g/mol. The topological polar surface area (TPSA) is 78.8 Å². The molecule has 1 aliphatic carbocycles. The Labute approximate surface area is 119 Å². The summed E-state index contributed by atoms with van der Waals surface area (Å²) in [6.45, 7) is 0. The number of H-pyrrole nitrogens is 1. The highest BCUT2D eigenvalue weighted by Crippen LogP contribution is 2.42. The minimum Gasteiger partial charge on any atom is -0.449 e. The van der Waals surface area contributed by atoms with Crippen molar-refractivity contribution in [2.24, 2.45) is 0 Å². The van der Waals surface area contributed by atoms with E-state index in [4.69, 9.17) is 21.6 Å². The van der Waals surface area contributed by atoms with E-state index in [0.29, 0.717) is 22.0 Å². The zero-order valence-electron chi connectivity index (χ0n) is 10.4. The molecule has 2 aromatic rings. The van der Waals surface area contributed by atoms with Gasteiger partial charge in [0.05, 0.1) is 23.7 Å². The molecule has 0 saturated heterocycles. The fraction of sp³-hybridized carbons (Fsp3) is 0.214. The lowest BCUT2D eigenvalue weighted by Gasteiger charge is -2.09. The lowest BCUT2D eigenvalue weighted by Crippen LogP contribution is -2.12. The van der Waals surface area contributed by atoms with Gasteiger partial charge in [0.25, 0.3) is 5.56 Å². The van der Waals surface area contributed by atoms with Crippen molar-refractivity contribution in [3.63, 3.8) is 0 Å². The Morgan fingerprint density at radius 3 is 2.90 bits per heavy atom. The molecule has 20 heavy (non-hydrogen) atoms. The Hall–Kier alpha value is -2.32. The van der Waals surface area contributed by atoms with Crippen LogP contribution in [0.3, 0.4) is 0 Å². The van der Waals surface area contributed by atoms with Crippen LogP contribution in [0.25, 0.3) is 0 Å². The molecule has 1 saturated carbocycles. The number of benzene rings is 1. The van der Waals surface area contributed by atoms with Gasteiger partial charge in [-0.1, -0.05) is 11.6 Å². The van der Waals surface area contributed by atoms with Crippen LogP contribution < -0.4 is 10.3 Å². The van der Waals surface area contributed by atoms with Gasteiger partial charge in [0.15, 0.2) is 0 Å². The molecule has 0 aliphatic heterocycles. The molecule has 1 heterocycles. The quantitative estimate of drug-likeness (QED) is 0.941. The van der Waals surface area contributed by atoms with Crippen LogP contribution in [0.4, 0.5) is 0 Å². The van der Waals surface area contributed by atoms with Crippen LogP contribution in [0.1, 0.15) is 30.0 Å². The molecule has 1 fully saturated rings. The van der Waals surface area contributed by atoms with Gasteiger partial charge >= 0.3 is 0 Å². The monoisotopic (exact) mass is 287 g/mol. The lowest BCUT2D eigenvalue weighted by atomic mass is 10.2. The van der Waals surface area contributed by atoms with E-state index in [2.05, 4.69) is 9.97 Å².